The molecule has 25 heavy (non-hydrogen) atoms. The third kappa shape index (κ3) is 3.78. The number of rotatable bonds is 6. The molecule has 0 radical (unpaired) electrons. The van der Waals surface area contributed by atoms with Gasteiger partial charge in [0.05, 0.1) is 30.0 Å². The molecule has 2 aromatic carbocycles. The Morgan fingerprint density at radius 2 is 1.44 bits per heavy atom. The first kappa shape index (κ1) is 17.3. The summed E-state index contributed by atoms with van der Waals surface area (Å²) in [4.78, 5) is 26.4. The Balaban J connectivity index is 1.91. The van der Waals surface area contributed by atoms with Gasteiger partial charge < -0.3 is 0 Å². The summed E-state index contributed by atoms with van der Waals surface area (Å²) in [6.45, 7) is -0.279. The molecule has 0 bridgehead atoms. The van der Waals surface area contributed by atoms with Crippen molar-refractivity contribution in [3.05, 3.63) is 71.3 Å². The highest BCUT2D eigenvalue weighted by Crippen LogP contribution is 2.26. The fourth-order valence-corrected chi connectivity index (χ4v) is 3.26. The molecule has 0 N–H and O–H groups in total. The van der Waals surface area contributed by atoms with E-state index in [9.17, 15) is 18.0 Å². The predicted molar refractivity (Wildman–Crippen MR) is 91.7 cm³/mol. The van der Waals surface area contributed by atoms with E-state index in [2.05, 4.69) is 0 Å². The van der Waals surface area contributed by atoms with Gasteiger partial charge in [0, 0.05) is 0 Å². The van der Waals surface area contributed by atoms with Crippen LogP contribution < -0.4 is 0 Å². The van der Waals surface area contributed by atoms with Crippen LogP contribution in [0, 0.1) is 0 Å². The van der Waals surface area contributed by atoms with Gasteiger partial charge >= 0.3 is 0 Å². The summed E-state index contributed by atoms with van der Waals surface area (Å²) in [6, 6.07) is 15.1. The van der Waals surface area contributed by atoms with Gasteiger partial charge in [0.25, 0.3) is 21.9 Å². The van der Waals surface area contributed by atoms with E-state index < -0.39 is 28.0 Å². The zero-order valence-corrected chi connectivity index (χ0v) is 14.4. The van der Waals surface area contributed by atoms with Crippen molar-refractivity contribution in [2.75, 3.05) is 12.9 Å². The molecule has 0 saturated carbocycles. The summed E-state index contributed by atoms with van der Waals surface area (Å²) in [5.41, 5.74) is 1.52. The highest BCUT2D eigenvalue weighted by molar-refractivity contribution is 7.85. The van der Waals surface area contributed by atoms with Crippen LogP contribution in [-0.4, -0.2) is 44.0 Å². The minimum Gasteiger partial charge on any atom is -0.269 e. The Morgan fingerprint density at radius 1 is 0.920 bits per heavy atom. The largest absolute Gasteiger partial charge is 0.269 e. The van der Waals surface area contributed by atoms with Crippen molar-refractivity contribution in [2.45, 2.75) is 12.5 Å². The molecule has 0 spiro atoms. The van der Waals surface area contributed by atoms with Crippen molar-refractivity contribution in [3.63, 3.8) is 0 Å². The van der Waals surface area contributed by atoms with Crippen LogP contribution in [0.1, 0.15) is 26.3 Å². The van der Waals surface area contributed by atoms with Crippen molar-refractivity contribution in [1.29, 1.82) is 0 Å². The van der Waals surface area contributed by atoms with Gasteiger partial charge in [0.1, 0.15) is 0 Å². The van der Waals surface area contributed by atoms with E-state index in [1.54, 1.807) is 24.3 Å². The first-order valence-electron chi connectivity index (χ1n) is 7.72. The quantitative estimate of drug-likeness (QED) is 0.581. The smallest absolute Gasteiger partial charge is 0.264 e. The van der Waals surface area contributed by atoms with Crippen LogP contribution in [0.3, 0.4) is 0 Å². The number of fused-ring (bicyclic) bond motifs is 1. The van der Waals surface area contributed by atoms with Gasteiger partial charge in [-0.25, -0.2) is 0 Å². The number of hydrogen-bond acceptors (Lipinski definition) is 5. The molecule has 0 aromatic heterocycles. The standard InChI is InChI=1S/C18H17NO5S/c1-25(22,23)24-12-14(11-13-7-3-2-4-8-13)19-17(20)15-9-5-6-10-16(15)18(19)21/h2-10,14H,11-12H2,1H3/t14-/m0/s1. The second-order valence-corrected chi connectivity index (χ2v) is 7.50. The van der Waals surface area contributed by atoms with Crippen LogP contribution >= 0.6 is 0 Å². The molecule has 7 heteroatoms. The van der Waals surface area contributed by atoms with Gasteiger partial charge in [0.2, 0.25) is 0 Å². The van der Waals surface area contributed by atoms with Crippen molar-refractivity contribution in [1.82, 2.24) is 4.90 Å². The Morgan fingerprint density at radius 3 is 1.96 bits per heavy atom. The number of imide groups is 1. The van der Waals surface area contributed by atoms with Gasteiger partial charge in [-0.2, -0.15) is 8.42 Å². The highest BCUT2D eigenvalue weighted by Gasteiger charge is 2.40. The summed E-state index contributed by atoms with van der Waals surface area (Å²) in [7, 11) is -3.69. The maximum absolute atomic E-state index is 12.7. The SMILES string of the molecule is CS(=O)(=O)OC[C@H](Cc1ccccc1)N1C(=O)c2ccccc2C1=O. The maximum Gasteiger partial charge on any atom is 0.264 e. The Labute approximate surface area is 146 Å². The van der Waals surface area contributed by atoms with E-state index >= 15 is 0 Å². The van der Waals surface area contributed by atoms with Crippen LogP contribution in [0.4, 0.5) is 0 Å². The number of nitrogens with zero attached hydrogens (tertiary/aromatic N) is 1. The minimum atomic E-state index is -3.69. The number of benzene rings is 2. The molecular formula is C18H17NO5S. The molecular weight excluding hydrogens is 342 g/mol. The van der Waals surface area contributed by atoms with Gasteiger partial charge in [-0.05, 0) is 24.1 Å². The van der Waals surface area contributed by atoms with Gasteiger partial charge in [-0.15, -0.1) is 0 Å². The van der Waals surface area contributed by atoms with Crippen LogP contribution in [0.15, 0.2) is 54.6 Å². The van der Waals surface area contributed by atoms with Gasteiger partial charge in [-0.1, -0.05) is 42.5 Å². The van der Waals surface area contributed by atoms with Crippen LogP contribution in [0.2, 0.25) is 0 Å². The topological polar surface area (TPSA) is 80.8 Å². The van der Waals surface area contributed by atoms with Crippen molar-refractivity contribution in [2.24, 2.45) is 0 Å². The lowest BCUT2D eigenvalue weighted by Gasteiger charge is -2.25. The Hall–Kier alpha value is -2.51. The second kappa shape index (κ2) is 6.78. The van der Waals surface area contributed by atoms with Gasteiger partial charge in [0.15, 0.2) is 0 Å². The normalized spacial score (nSPS) is 15.3. The molecule has 3 rings (SSSR count). The molecule has 0 fully saturated rings. The van der Waals surface area contributed by atoms with E-state index in [4.69, 9.17) is 4.18 Å². The summed E-state index contributed by atoms with van der Waals surface area (Å²) in [5, 5.41) is 0. The average molecular weight is 359 g/mol. The fourth-order valence-electron chi connectivity index (χ4n) is 2.85. The fraction of sp³-hybridized carbons (Fsp3) is 0.222. The zero-order valence-electron chi connectivity index (χ0n) is 13.6. The lowest BCUT2D eigenvalue weighted by Crippen LogP contribution is -2.44. The molecule has 1 aliphatic heterocycles. The lowest BCUT2D eigenvalue weighted by atomic mass is 10.1. The summed E-state index contributed by atoms with van der Waals surface area (Å²) in [6.07, 6.45) is 1.25. The Bertz CT molecular complexity index is 873. The number of amides is 2. The van der Waals surface area contributed by atoms with Crippen molar-refractivity contribution < 1.29 is 22.2 Å². The number of carbonyl (C=O) groups is 2. The first-order valence-corrected chi connectivity index (χ1v) is 9.54. The van der Waals surface area contributed by atoms with E-state index in [-0.39, 0.29) is 6.61 Å². The molecule has 0 unspecified atom stereocenters. The third-order valence-electron chi connectivity index (χ3n) is 3.98. The number of hydrogen-bond donors (Lipinski definition) is 0. The van der Waals surface area contributed by atoms with E-state index in [1.807, 2.05) is 30.3 Å². The highest BCUT2D eigenvalue weighted by atomic mass is 32.2. The van der Waals surface area contributed by atoms with Gasteiger partial charge in [-0.3, -0.25) is 18.7 Å². The lowest BCUT2D eigenvalue weighted by molar-refractivity contribution is 0.0534. The monoisotopic (exact) mass is 359 g/mol. The minimum absolute atomic E-state index is 0.279. The summed E-state index contributed by atoms with van der Waals surface area (Å²) < 4.78 is 27.6. The van der Waals surface area contributed by atoms with E-state index in [1.165, 1.54) is 0 Å². The summed E-state index contributed by atoms with van der Waals surface area (Å²) >= 11 is 0. The van der Waals surface area contributed by atoms with Crippen molar-refractivity contribution in [3.8, 4) is 0 Å². The number of carbonyl (C=O) groups excluding carboxylic acids is 2. The van der Waals surface area contributed by atoms with Crippen molar-refractivity contribution >= 4 is 21.9 Å². The summed E-state index contributed by atoms with van der Waals surface area (Å²) in [5.74, 6) is -0.864. The molecule has 0 saturated heterocycles. The van der Waals surface area contributed by atoms with Crippen LogP contribution in [0.5, 0.6) is 0 Å². The predicted octanol–water partition coefficient (Wildman–Crippen LogP) is 1.87. The van der Waals surface area contributed by atoms with E-state index in [0.717, 1.165) is 16.7 Å². The van der Waals surface area contributed by atoms with E-state index in [0.29, 0.717) is 17.5 Å². The maximum atomic E-state index is 12.7. The Kier molecular flexibility index (Phi) is 4.69. The second-order valence-electron chi connectivity index (χ2n) is 5.86. The molecule has 0 aliphatic carbocycles. The molecule has 1 heterocycles. The average Bonchev–Trinajstić information content (AvgIpc) is 2.84. The molecule has 2 aromatic rings. The van der Waals surface area contributed by atoms with Crippen LogP contribution in [-0.2, 0) is 20.7 Å². The zero-order chi connectivity index (χ0) is 18.0. The molecule has 130 valence electrons. The molecule has 6 nitrogen and oxygen atoms in total. The molecule has 1 aliphatic rings. The first-order chi connectivity index (χ1) is 11.9. The third-order valence-corrected chi connectivity index (χ3v) is 4.54. The molecule has 2 amide bonds. The van der Waals surface area contributed by atoms with Crippen LogP contribution in [0.25, 0.3) is 0 Å². The molecule has 1 atom stereocenters.